The fourth-order valence-corrected chi connectivity index (χ4v) is 3.81. The third kappa shape index (κ3) is 3.83. The average Bonchev–Trinajstić information content (AvgIpc) is 3.17. The molecule has 1 heterocycles. The van der Waals surface area contributed by atoms with Gasteiger partial charge < -0.3 is 0 Å². The molecule has 0 amide bonds. The molecule has 4 aromatic rings. The summed E-state index contributed by atoms with van der Waals surface area (Å²) >= 11 is 13.6. The number of fused-ring (bicyclic) bond motifs is 1. The number of hydrogen-bond acceptors (Lipinski definition) is 4. The number of aromatic nitrogens is 1. The molecule has 3 aromatic carbocycles. The summed E-state index contributed by atoms with van der Waals surface area (Å²) < 4.78 is 0. The van der Waals surface area contributed by atoms with Gasteiger partial charge in [-0.05, 0) is 29.8 Å². The highest BCUT2D eigenvalue weighted by Gasteiger charge is 2.08. The molecule has 1 aromatic heterocycles. The van der Waals surface area contributed by atoms with Crippen LogP contribution in [0.15, 0.2) is 71.1 Å². The van der Waals surface area contributed by atoms with Gasteiger partial charge in [-0.1, -0.05) is 71.7 Å². The predicted octanol–water partition coefficient (Wildman–Crippen LogP) is 7.11. The number of nitrogens with one attached hydrogen (secondary N) is 1. The van der Waals surface area contributed by atoms with Crippen LogP contribution in [0.4, 0.5) is 5.13 Å². The van der Waals surface area contributed by atoms with E-state index in [0.717, 1.165) is 27.7 Å². The zero-order valence-electron chi connectivity index (χ0n) is 14.4. The van der Waals surface area contributed by atoms with Crippen molar-refractivity contribution in [2.45, 2.75) is 6.92 Å². The Balaban J connectivity index is 1.57. The lowest BCUT2D eigenvalue weighted by Crippen LogP contribution is -2.00. The van der Waals surface area contributed by atoms with Gasteiger partial charge in [0.05, 0.1) is 21.5 Å². The SMILES string of the molecule is C/C(=N/Nc1nc(-c2ccc(Cl)c(Cl)c2)cs1)c1cccc2ccccc12. The molecule has 134 valence electrons. The number of thiazole rings is 1. The van der Waals surface area contributed by atoms with Gasteiger partial charge in [-0.3, -0.25) is 5.43 Å². The summed E-state index contributed by atoms with van der Waals surface area (Å²) in [6.45, 7) is 1.99. The maximum absolute atomic E-state index is 6.09. The Morgan fingerprint density at radius 2 is 1.81 bits per heavy atom. The van der Waals surface area contributed by atoms with Gasteiger partial charge in [0.2, 0.25) is 5.13 Å². The molecule has 4 rings (SSSR count). The maximum atomic E-state index is 6.09. The third-order valence-electron chi connectivity index (χ3n) is 4.22. The summed E-state index contributed by atoms with van der Waals surface area (Å²) in [5.74, 6) is 0. The summed E-state index contributed by atoms with van der Waals surface area (Å²) in [5.41, 5.74) is 6.81. The van der Waals surface area contributed by atoms with Crippen LogP contribution in [0, 0.1) is 0 Å². The van der Waals surface area contributed by atoms with Crippen molar-refractivity contribution in [3.05, 3.63) is 81.7 Å². The van der Waals surface area contributed by atoms with E-state index < -0.39 is 0 Å². The van der Waals surface area contributed by atoms with Gasteiger partial charge in [-0.25, -0.2) is 4.98 Å². The Hall–Kier alpha value is -2.40. The Kier molecular flexibility index (Phi) is 5.12. The topological polar surface area (TPSA) is 37.3 Å². The average molecular weight is 412 g/mol. The van der Waals surface area contributed by atoms with E-state index >= 15 is 0 Å². The minimum Gasteiger partial charge on any atom is -0.252 e. The van der Waals surface area contributed by atoms with Crippen molar-refractivity contribution in [3.8, 4) is 11.3 Å². The fraction of sp³-hybridized carbons (Fsp3) is 0.0476. The van der Waals surface area contributed by atoms with Crippen molar-refractivity contribution < 1.29 is 0 Å². The van der Waals surface area contributed by atoms with E-state index in [1.54, 1.807) is 6.07 Å². The molecule has 3 nitrogen and oxygen atoms in total. The van der Waals surface area contributed by atoms with Crippen LogP contribution in [0.25, 0.3) is 22.0 Å². The van der Waals surface area contributed by atoms with Crippen LogP contribution < -0.4 is 5.43 Å². The maximum Gasteiger partial charge on any atom is 0.203 e. The van der Waals surface area contributed by atoms with Crippen molar-refractivity contribution >= 4 is 56.2 Å². The molecule has 0 aliphatic rings. The van der Waals surface area contributed by atoms with Crippen LogP contribution >= 0.6 is 34.5 Å². The largest absolute Gasteiger partial charge is 0.252 e. The molecule has 0 bridgehead atoms. The highest BCUT2D eigenvalue weighted by molar-refractivity contribution is 7.14. The predicted molar refractivity (Wildman–Crippen MR) is 117 cm³/mol. The zero-order chi connectivity index (χ0) is 18.8. The molecule has 0 spiro atoms. The first-order valence-corrected chi connectivity index (χ1v) is 9.95. The van der Waals surface area contributed by atoms with Crippen LogP contribution in [0.2, 0.25) is 10.0 Å². The number of anilines is 1. The normalized spacial score (nSPS) is 11.7. The summed E-state index contributed by atoms with van der Waals surface area (Å²) in [7, 11) is 0. The van der Waals surface area contributed by atoms with E-state index in [1.807, 2.05) is 42.6 Å². The minimum absolute atomic E-state index is 0.515. The second kappa shape index (κ2) is 7.69. The molecule has 0 aliphatic carbocycles. The van der Waals surface area contributed by atoms with E-state index in [4.69, 9.17) is 23.2 Å². The molecule has 0 saturated heterocycles. The summed E-state index contributed by atoms with van der Waals surface area (Å²) in [5, 5.41) is 10.6. The smallest absolute Gasteiger partial charge is 0.203 e. The quantitative estimate of drug-likeness (QED) is 0.287. The Morgan fingerprint density at radius 3 is 2.67 bits per heavy atom. The highest BCUT2D eigenvalue weighted by atomic mass is 35.5. The van der Waals surface area contributed by atoms with E-state index in [0.29, 0.717) is 10.0 Å². The molecule has 6 heteroatoms. The lowest BCUT2D eigenvalue weighted by molar-refractivity contribution is 1.27. The number of rotatable bonds is 4. The van der Waals surface area contributed by atoms with Gasteiger partial charge in [0.15, 0.2) is 0 Å². The summed E-state index contributed by atoms with van der Waals surface area (Å²) in [6, 6.07) is 20.0. The van der Waals surface area contributed by atoms with Gasteiger partial charge in [-0.15, -0.1) is 11.3 Å². The van der Waals surface area contributed by atoms with Gasteiger partial charge in [-0.2, -0.15) is 5.10 Å². The lowest BCUT2D eigenvalue weighted by Gasteiger charge is -2.06. The van der Waals surface area contributed by atoms with Crippen LogP contribution in [-0.2, 0) is 0 Å². The second-order valence-corrected chi connectivity index (χ2v) is 7.68. The molecule has 0 saturated carbocycles. The number of halogens is 2. The fourth-order valence-electron chi connectivity index (χ4n) is 2.85. The molecule has 0 aliphatic heterocycles. The van der Waals surface area contributed by atoms with Crippen LogP contribution in [0.1, 0.15) is 12.5 Å². The first-order valence-electron chi connectivity index (χ1n) is 8.31. The van der Waals surface area contributed by atoms with Crippen molar-refractivity contribution in [2.75, 3.05) is 5.43 Å². The standard InChI is InChI=1S/C21H15Cl2N3S/c1-13(16-8-4-6-14-5-2-3-7-17(14)16)25-26-21-24-20(12-27-21)15-9-10-18(22)19(23)11-15/h2-12H,1H3,(H,24,26)/b25-13-. The molecule has 0 fully saturated rings. The van der Waals surface area contributed by atoms with Gasteiger partial charge in [0.1, 0.15) is 0 Å². The van der Waals surface area contributed by atoms with Crippen molar-refractivity contribution in [2.24, 2.45) is 5.10 Å². The second-order valence-electron chi connectivity index (χ2n) is 6.00. The molecule has 0 unspecified atom stereocenters. The van der Waals surface area contributed by atoms with E-state index in [9.17, 15) is 0 Å². The van der Waals surface area contributed by atoms with E-state index in [1.165, 1.54) is 22.1 Å². The molecule has 0 atom stereocenters. The highest BCUT2D eigenvalue weighted by Crippen LogP contribution is 2.30. The number of benzene rings is 3. The van der Waals surface area contributed by atoms with Crippen molar-refractivity contribution in [1.29, 1.82) is 0 Å². The summed E-state index contributed by atoms with van der Waals surface area (Å²) in [6.07, 6.45) is 0. The summed E-state index contributed by atoms with van der Waals surface area (Å²) in [4.78, 5) is 4.58. The van der Waals surface area contributed by atoms with Gasteiger partial charge in [0.25, 0.3) is 0 Å². The molecule has 1 N–H and O–H groups in total. The van der Waals surface area contributed by atoms with Crippen LogP contribution in [-0.4, -0.2) is 10.7 Å². The van der Waals surface area contributed by atoms with Gasteiger partial charge >= 0.3 is 0 Å². The van der Waals surface area contributed by atoms with Crippen molar-refractivity contribution in [3.63, 3.8) is 0 Å². The zero-order valence-corrected chi connectivity index (χ0v) is 16.7. The Labute approximate surface area is 171 Å². The molecule has 0 radical (unpaired) electrons. The van der Waals surface area contributed by atoms with E-state index in [-0.39, 0.29) is 0 Å². The minimum atomic E-state index is 0.515. The number of nitrogens with zero attached hydrogens (tertiary/aromatic N) is 2. The monoisotopic (exact) mass is 411 g/mol. The first kappa shape index (κ1) is 18.0. The molecule has 27 heavy (non-hydrogen) atoms. The molecular weight excluding hydrogens is 397 g/mol. The van der Waals surface area contributed by atoms with Gasteiger partial charge in [0, 0.05) is 16.5 Å². The molecular formula is C21H15Cl2N3S. The van der Waals surface area contributed by atoms with Crippen molar-refractivity contribution in [1.82, 2.24) is 4.98 Å². The van der Waals surface area contributed by atoms with Crippen LogP contribution in [0.3, 0.4) is 0 Å². The number of hydrogen-bond donors (Lipinski definition) is 1. The van der Waals surface area contributed by atoms with Crippen LogP contribution in [0.5, 0.6) is 0 Å². The Bertz CT molecular complexity index is 1150. The lowest BCUT2D eigenvalue weighted by atomic mass is 10.0. The Morgan fingerprint density at radius 1 is 1.00 bits per heavy atom. The number of hydrazone groups is 1. The first-order chi connectivity index (χ1) is 13.1. The third-order valence-corrected chi connectivity index (χ3v) is 5.70. The van der Waals surface area contributed by atoms with E-state index in [2.05, 4.69) is 39.8 Å².